The molecular formula is C19H21ClN2O3. The summed E-state index contributed by atoms with van der Waals surface area (Å²) in [5.74, 6) is -1.54. The molecule has 1 aromatic carbocycles. The molecule has 0 radical (unpaired) electrons. The molecule has 6 heteroatoms. The molecule has 1 aliphatic carbocycles. The van der Waals surface area contributed by atoms with Gasteiger partial charge in [0.25, 0.3) is 5.91 Å². The zero-order chi connectivity index (χ0) is 18.1. The highest BCUT2D eigenvalue weighted by molar-refractivity contribution is 6.31. The summed E-state index contributed by atoms with van der Waals surface area (Å²) in [5.41, 5.74) is 3.08. The van der Waals surface area contributed by atoms with Crippen LogP contribution in [0.3, 0.4) is 0 Å². The Bertz CT molecular complexity index is 850. The molecule has 25 heavy (non-hydrogen) atoms. The third kappa shape index (κ3) is 3.33. The van der Waals surface area contributed by atoms with E-state index in [1.54, 1.807) is 18.2 Å². The average Bonchev–Trinajstić information content (AvgIpc) is 3.04. The number of hydrogen-bond acceptors (Lipinski definition) is 3. The molecule has 1 amide bonds. The van der Waals surface area contributed by atoms with Crippen molar-refractivity contribution in [3.05, 3.63) is 40.0 Å². The molecule has 0 aliphatic heterocycles. The van der Waals surface area contributed by atoms with Crippen LogP contribution in [-0.2, 0) is 17.6 Å². The monoisotopic (exact) mass is 360 g/mol. The largest absolute Gasteiger partial charge is 0.480 e. The van der Waals surface area contributed by atoms with Gasteiger partial charge in [-0.05, 0) is 48.9 Å². The highest BCUT2D eigenvalue weighted by atomic mass is 35.5. The van der Waals surface area contributed by atoms with Crippen LogP contribution in [0.2, 0.25) is 5.02 Å². The number of aliphatic carboxylic acids is 1. The summed E-state index contributed by atoms with van der Waals surface area (Å²) in [6.07, 6.45) is 3.22. The molecule has 0 saturated carbocycles. The SMILES string of the molecule is CCC(C)C(NC(=O)c1c2c(nc3ccc(Cl)cc13)CCC2)C(=O)O. The van der Waals surface area contributed by atoms with Crippen molar-refractivity contribution in [2.45, 2.75) is 45.6 Å². The Morgan fingerprint density at radius 1 is 1.36 bits per heavy atom. The topological polar surface area (TPSA) is 79.3 Å². The van der Waals surface area contributed by atoms with Crippen LogP contribution in [0.15, 0.2) is 18.2 Å². The van der Waals surface area contributed by atoms with E-state index >= 15 is 0 Å². The summed E-state index contributed by atoms with van der Waals surface area (Å²) in [5, 5.41) is 13.4. The van der Waals surface area contributed by atoms with Gasteiger partial charge in [-0.15, -0.1) is 0 Å². The molecule has 1 aromatic heterocycles. The maximum atomic E-state index is 13.0. The standard InChI is InChI=1S/C19H21ClN2O3/c1-3-10(2)17(19(24)25)22-18(23)16-12-5-4-6-14(12)21-15-8-7-11(20)9-13(15)16/h7-10,17H,3-6H2,1-2H3,(H,22,23)(H,24,25). The van der Waals surface area contributed by atoms with Crippen LogP contribution in [0.25, 0.3) is 10.9 Å². The van der Waals surface area contributed by atoms with E-state index in [0.29, 0.717) is 27.9 Å². The molecule has 0 fully saturated rings. The van der Waals surface area contributed by atoms with Crippen molar-refractivity contribution in [2.75, 3.05) is 0 Å². The maximum absolute atomic E-state index is 13.0. The molecule has 3 rings (SSSR count). The first-order valence-electron chi connectivity index (χ1n) is 8.57. The van der Waals surface area contributed by atoms with Gasteiger partial charge in [-0.2, -0.15) is 0 Å². The molecule has 5 nitrogen and oxygen atoms in total. The van der Waals surface area contributed by atoms with Gasteiger partial charge in [0.15, 0.2) is 0 Å². The Morgan fingerprint density at radius 3 is 2.80 bits per heavy atom. The fourth-order valence-electron chi connectivity index (χ4n) is 3.39. The Morgan fingerprint density at radius 2 is 2.12 bits per heavy atom. The molecule has 2 unspecified atom stereocenters. The summed E-state index contributed by atoms with van der Waals surface area (Å²) >= 11 is 6.12. The highest BCUT2D eigenvalue weighted by Crippen LogP contribution is 2.31. The van der Waals surface area contributed by atoms with Crippen molar-refractivity contribution < 1.29 is 14.7 Å². The van der Waals surface area contributed by atoms with Crippen LogP contribution in [0.1, 0.15) is 48.3 Å². The van der Waals surface area contributed by atoms with Gasteiger partial charge in [0.05, 0.1) is 11.1 Å². The van der Waals surface area contributed by atoms with Crippen LogP contribution in [-0.4, -0.2) is 28.0 Å². The number of carbonyl (C=O) groups is 2. The van der Waals surface area contributed by atoms with Gasteiger partial charge in [0.1, 0.15) is 6.04 Å². The summed E-state index contributed by atoms with van der Waals surface area (Å²) in [7, 11) is 0. The van der Waals surface area contributed by atoms with Gasteiger partial charge in [-0.1, -0.05) is 31.9 Å². The Labute approximate surface area is 151 Å². The molecular weight excluding hydrogens is 340 g/mol. The normalized spacial score (nSPS) is 15.6. The number of aryl methyl sites for hydroxylation is 1. The third-order valence-corrected chi connectivity index (χ3v) is 5.20. The number of benzene rings is 1. The number of carbonyl (C=O) groups excluding carboxylic acids is 1. The third-order valence-electron chi connectivity index (χ3n) is 4.97. The number of rotatable bonds is 5. The van der Waals surface area contributed by atoms with Crippen molar-refractivity contribution in [2.24, 2.45) is 5.92 Å². The predicted octanol–water partition coefficient (Wildman–Crippen LogP) is 3.61. The summed E-state index contributed by atoms with van der Waals surface area (Å²) in [6, 6.07) is 4.36. The number of nitrogens with zero attached hydrogens (tertiary/aromatic N) is 1. The van der Waals surface area contributed by atoms with Gasteiger partial charge in [0.2, 0.25) is 0 Å². The van der Waals surface area contributed by atoms with E-state index in [2.05, 4.69) is 10.3 Å². The minimum atomic E-state index is -1.02. The lowest BCUT2D eigenvalue weighted by Gasteiger charge is -2.21. The Hall–Kier alpha value is -2.14. The molecule has 132 valence electrons. The van der Waals surface area contributed by atoms with E-state index in [0.717, 1.165) is 30.5 Å². The minimum absolute atomic E-state index is 0.161. The van der Waals surface area contributed by atoms with E-state index in [1.807, 2.05) is 13.8 Å². The van der Waals surface area contributed by atoms with Gasteiger partial charge in [-0.3, -0.25) is 9.78 Å². The van der Waals surface area contributed by atoms with Crippen LogP contribution in [0, 0.1) is 5.92 Å². The number of nitrogens with one attached hydrogen (secondary N) is 1. The van der Waals surface area contributed by atoms with Gasteiger partial charge >= 0.3 is 5.97 Å². The number of carboxylic acid groups (broad SMARTS) is 1. The Balaban J connectivity index is 2.09. The first-order chi connectivity index (χ1) is 11.9. The van der Waals surface area contributed by atoms with E-state index in [1.165, 1.54) is 0 Å². The number of aromatic nitrogens is 1. The van der Waals surface area contributed by atoms with Crippen molar-refractivity contribution in [1.82, 2.24) is 10.3 Å². The molecule has 1 heterocycles. The number of fused-ring (bicyclic) bond motifs is 2. The fraction of sp³-hybridized carbons (Fsp3) is 0.421. The van der Waals surface area contributed by atoms with Gasteiger partial charge in [-0.25, -0.2) is 4.79 Å². The molecule has 1 aliphatic rings. The van der Waals surface area contributed by atoms with Crippen molar-refractivity contribution >= 4 is 34.4 Å². The lowest BCUT2D eigenvalue weighted by Crippen LogP contribution is -2.45. The lowest BCUT2D eigenvalue weighted by molar-refractivity contribution is -0.140. The van der Waals surface area contributed by atoms with E-state index in [-0.39, 0.29) is 11.8 Å². The lowest BCUT2D eigenvalue weighted by atomic mass is 9.96. The first kappa shape index (κ1) is 17.7. The zero-order valence-corrected chi connectivity index (χ0v) is 15.1. The predicted molar refractivity (Wildman–Crippen MR) is 97.1 cm³/mol. The first-order valence-corrected chi connectivity index (χ1v) is 8.94. The number of pyridine rings is 1. The second-order valence-corrected chi connectivity index (χ2v) is 7.04. The summed E-state index contributed by atoms with van der Waals surface area (Å²) < 4.78 is 0. The molecule has 2 atom stereocenters. The highest BCUT2D eigenvalue weighted by Gasteiger charge is 2.29. The number of amides is 1. The molecule has 2 N–H and O–H groups in total. The van der Waals surface area contributed by atoms with Crippen LogP contribution in [0.4, 0.5) is 0 Å². The second kappa shape index (κ2) is 7.00. The molecule has 0 spiro atoms. The van der Waals surface area contributed by atoms with Crippen LogP contribution < -0.4 is 5.32 Å². The van der Waals surface area contributed by atoms with Crippen LogP contribution in [0.5, 0.6) is 0 Å². The molecule has 0 saturated heterocycles. The number of carboxylic acids is 1. The van der Waals surface area contributed by atoms with E-state index < -0.39 is 12.0 Å². The minimum Gasteiger partial charge on any atom is -0.480 e. The smallest absolute Gasteiger partial charge is 0.326 e. The van der Waals surface area contributed by atoms with E-state index in [9.17, 15) is 14.7 Å². The molecule has 0 bridgehead atoms. The van der Waals surface area contributed by atoms with Crippen LogP contribution >= 0.6 is 11.6 Å². The zero-order valence-electron chi connectivity index (χ0n) is 14.3. The number of hydrogen-bond donors (Lipinski definition) is 2. The fourth-order valence-corrected chi connectivity index (χ4v) is 3.56. The number of halogens is 1. The van der Waals surface area contributed by atoms with Crippen molar-refractivity contribution in [3.63, 3.8) is 0 Å². The maximum Gasteiger partial charge on any atom is 0.326 e. The molecule has 2 aromatic rings. The quantitative estimate of drug-likeness (QED) is 0.853. The van der Waals surface area contributed by atoms with Gasteiger partial charge in [0, 0.05) is 16.1 Å². The van der Waals surface area contributed by atoms with Gasteiger partial charge < -0.3 is 10.4 Å². The summed E-state index contributed by atoms with van der Waals surface area (Å²) in [4.78, 5) is 29.2. The van der Waals surface area contributed by atoms with E-state index in [4.69, 9.17) is 11.6 Å². The van der Waals surface area contributed by atoms with Crippen molar-refractivity contribution in [1.29, 1.82) is 0 Å². The average molecular weight is 361 g/mol. The summed E-state index contributed by atoms with van der Waals surface area (Å²) in [6.45, 7) is 3.73. The Kier molecular flexibility index (Phi) is 4.95. The second-order valence-electron chi connectivity index (χ2n) is 6.60. The van der Waals surface area contributed by atoms with Crippen molar-refractivity contribution in [3.8, 4) is 0 Å².